The van der Waals surface area contributed by atoms with Crippen molar-refractivity contribution in [3.05, 3.63) is 83.4 Å². The fourth-order valence-electron chi connectivity index (χ4n) is 3.18. The molecule has 3 aromatic rings. The van der Waals surface area contributed by atoms with E-state index in [1.807, 2.05) is 73.8 Å². The van der Waals surface area contributed by atoms with Gasteiger partial charge in [-0.2, -0.15) is 11.8 Å². The Morgan fingerprint density at radius 1 is 1.03 bits per heavy atom. The van der Waals surface area contributed by atoms with Gasteiger partial charge >= 0.3 is 5.97 Å². The van der Waals surface area contributed by atoms with Crippen LogP contribution in [0.4, 0.5) is 0 Å². The van der Waals surface area contributed by atoms with Crippen LogP contribution in [0.1, 0.15) is 27.9 Å². The summed E-state index contributed by atoms with van der Waals surface area (Å²) in [6.45, 7) is 2.11. The molecular weight excluding hydrogens is 382 g/mol. The molecule has 0 unspecified atom stereocenters. The first-order chi connectivity index (χ1) is 14.1. The molecule has 4 nitrogen and oxygen atoms in total. The number of carbonyl (C=O) groups is 2. The Morgan fingerprint density at radius 2 is 1.79 bits per heavy atom. The predicted molar refractivity (Wildman–Crippen MR) is 119 cm³/mol. The van der Waals surface area contributed by atoms with Crippen LogP contribution in [0.15, 0.2) is 66.7 Å². The van der Waals surface area contributed by atoms with E-state index in [1.54, 1.807) is 17.8 Å². The molecule has 0 bridgehead atoms. The first-order valence-corrected chi connectivity index (χ1v) is 11.0. The van der Waals surface area contributed by atoms with E-state index >= 15 is 0 Å². The summed E-state index contributed by atoms with van der Waals surface area (Å²) in [5.41, 5.74) is 2.49. The van der Waals surface area contributed by atoms with Gasteiger partial charge < -0.3 is 10.1 Å². The first-order valence-electron chi connectivity index (χ1n) is 9.58. The standard InChI is InChI=1S/C24H25NO3S/c1-17-7-5-10-19(15-17)23(26)25-22(13-14-29-2)24(27)28-16-20-11-6-9-18-8-3-4-12-21(18)20/h3-12,15,22H,13-14,16H2,1-2H3,(H,25,26)/t22-/m1/s1. The third kappa shape index (κ3) is 5.61. The number of carbonyl (C=O) groups excluding carboxylic acids is 2. The van der Waals surface area contributed by atoms with Crippen molar-refractivity contribution in [2.24, 2.45) is 0 Å². The molecule has 0 aliphatic carbocycles. The fourth-order valence-corrected chi connectivity index (χ4v) is 3.65. The summed E-state index contributed by atoms with van der Waals surface area (Å²) in [5.74, 6) is 0.0807. The summed E-state index contributed by atoms with van der Waals surface area (Å²) in [5, 5.41) is 5.01. The average Bonchev–Trinajstić information content (AvgIpc) is 2.74. The third-order valence-electron chi connectivity index (χ3n) is 4.73. The molecule has 0 saturated heterocycles. The highest BCUT2D eigenvalue weighted by Gasteiger charge is 2.23. The minimum atomic E-state index is -0.676. The van der Waals surface area contributed by atoms with Crippen LogP contribution >= 0.6 is 11.8 Å². The maximum absolute atomic E-state index is 12.7. The zero-order chi connectivity index (χ0) is 20.6. The number of ether oxygens (including phenoxy) is 1. The van der Waals surface area contributed by atoms with Crippen LogP contribution in [0.3, 0.4) is 0 Å². The molecule has 150 valence electrons. The van der Waals surface area contributed by atoms with Gasteiger partial charge in [-0.15, -0.1) is 0 Å². The highest BCUT2D eigenvalue weighted by molar-refractivity contribution is 7.98. The normalized spacial score (nSPS) is 11.8. The predicted octanol–water partition coefficient (Wildman–Crippen LogP) is 4.74. The minimum absolute atomic E-state index is 0.177. The summed E-state index contributed by atoms with van der Waals surface area (Å²) in [6, 6.07) is 20.6. The number of hydrogen-bond donors (Lipinski definition) is 1. The Hall–Kier alpha value is -2.79. The van der Waals surface area contributed by atoms with Crippen molar-refractivity contribution >= 4 is 34.4 Å². The van der Waals surface area contributed by atoms with Crippen molar-refractivity contribution in [1.29, 1.82) is 0 Å². The van der Waals surface area contributed by atoms with Crippen LogP contribution in [-0.2, 0) is 16.1 Å². The molecule has 0 fully saturated rings. The molecule has 0 aliphatic heterocycles. The Morgan fingerprint density at radius 3 is 2.59 bits per heavy atom. The van der Waals surface area contributed by atoms with Crippen molar-refractivity contribution in [3.63, 3.8) is 0 Å². The second kappa shape index (κ2) is 10.1. The Balaban J connectivity index is 1.69. The van der Waals surface area contributed by atoms with Gasteiger partial charge in [0, 0.05) is 5.56 Å². The molecular formula is C24H25NO3S. The van der Waals surface area contributed by atoms with E-state index in [0.717, 1.165) is 27.7 Å². The second-order valence-corrected chi connectivity index (χ2v) is 7.91. The van der Waals surface area contributed by atoms with Gasteiger partial charge in [-0.3, -0.25) is 4.79 Å². The summed E-state index contributed by atoms with van der Waals surface area (Å²) in [6.07, 6.45) is 2.49. The minimum Gasteiger partial charge on any atom is -0.459 e. The van der Waals surface area contributed by atoms with Gasteiger partial charge in [-0.05, 0) is 53.8 Å². The van der Waals surface area contributed by atoms with E-state index in [1.165, 1.54) is 0 Å². The van der Waals surface area contributed by atoms with E-state index in [0.29, 0.717) is 12.0 Å². The quantitative estimate of drug-likeness (QED) is 0.548. The second-order valence-electron chi connectivity index (χ2n) is 6.92. The molecule has 0 saturated carbocycles. The molecule has 0 aromatic heterocycles. The number of benzene rings is 3. The van der Waals surface area contributed by atoms with Crippen molar-refractivity contribution < 1.29 is 14.3 Å². The van der Waals surface area contributed by atoms with Crippen molar-refractivity contribution in [3.8, 4) is 0 Å². The van der Waals surface area contributed by atoms with Crippen molar-refractivity contribution in [1.82, 2.24) is 5.32 Å². The van der Waals surface area contributed by atoms with E-state index in [9.17, 15) is 9.59 Å². The summed E-state index contributed by atoms with van der Waals surface area (Å²) >= 11 is 1.63. The molecule has 0 aliphatic rings. The lowest BCUT2D eigenvalue weighted by molar-refractivity contribution is -0.147. The first kappa shape index (κ1) is 20.9. The SMILES string of the molecule is CSCC[C@@H](NC(=O)c1cccc(C)c1)C(=O)OCc1cccc2ccccc12. The van der Waals surface area contributed by atoms with Gasteiger partial charge in [-0.25, -0.2) is 4.79 Å². The highest BCUT2D eigenvalue weighted by Crippen LogP contribution is 2.19. The third-order valence-corrected chi connectivity index (χ3v) is 5.37. The molecule has 0 radical (unpaired) electrons. The van der Waals surface area contributed by atoms with E-state index in [-0.39, 0.29) is 12.5 Å². The van der Waals surface area contributed by atoms with Crippen molar-refractivity contribution in [2.75, 3.05) is 12.0 Å². The Bertz CT molecular complexity index is 997. The van der Waals surface area contributed by atoms with E-state index < -0.39 is 12.0 Å². The topological polar surface area (TPSA) is 55.4 Å². The van der Waals surface area contributed by atoms with Crippen LogP contribution in [0, 0.1) is 6.92 Å². The number of rotatable bonds is 8. The monoisotopic (exact) mass is 407 g/mol. The lowest BCUT2D eigenvalue weighted by atomic mass is 10.1. The van der Waals surface area contributed by atoms with Crippen LogP contribution in [0.25, 0.3) is 10.8 Å². The molecule has 29 heavy (non-hydrogen) atoms. The lowest BCUT2D eigenvalue weighted by Gasteiger charge is -2.18. The molecule has 1 N–H and O–H groups in total. The number of thioether (sulfide) groups is 1. The summed E-state index contributed by atoms with van der Waals surface area (Å²) < 4.78 is 5.59. The number of nitrogens with one attached hydrogen (secondary N) is 1. The molecule has 3 aromatic carbocycles. The lowest BCUT2D eigenvalue weighted by Crippen LogP contribution is -2.42. The number of hydrogen-bond acceptors (Lipinski definition) is 4. The van der Waals surface area contributed by atoms with Crippen LogP contribution in [0.2, 0.25) is 0 Å². The van der Waals surface area contributed by atoms with Crippen LogP contribution < -0.4 is 5.32 Å². The van der Waals surface area contributed by atoms with Crippen LogP contribution in [0.5, 0.6) is 0 Å². The van der Waals surface area contributed by atoms with Gasteiger partial charge in [0.1, 0.15) is 12.6 Å². The van der Waals surface area contributed by atoms with Gasteiger partial charge in [0.2, 0.25) is 0 Å². The van der Waals surface area contributed by atoms with Gasteiger partial charge in [0.15, 0.2) is 0 Å². The molecule has 0 heterocycles. The maximum atomic E-state index is 12.7. The molecule has 1 atom stereocenters. The number of amides is 1. The Kier molecular flexibility index (Phi) is 7.30. The number of aryl methyl sites for hydroxylation is 1. The highest BCUT2D eigenvalue weighted by atomic mass is 32.2. The summed E-state index contributed by atoms with van der Waals surface area (Å²) in [4.78, 5) is 25.3. The van der Waals surface area contributed by atoms with E-state index in [2.05, 4.69) is 5.32 Å². The largest absolute Gasteiger partial charge is 0.459 e. The molecule has 5 heteroatoms. The molecule has 3 rings (SSSR count). The van der Waals surface area contributed by atoms with Crippen LogP contribution in [-0.4, -0.2) is 29.9 Å². The number of esters is 1. The maximum Gasteiger partial charge on any atom is 0.329 e. The zero-order valence-corrected chi connectivity index (χ0v) is 17.5. The average molecular weight is 408 g/mol. The van der Waals surface area contributed by atoms with Gasteiger partial charge in [0.25, 0.3) is 5.91 Å². The van der Waals surface area contributed by atoms with Gasteiger partial charge in [-0.1, -0.05) is 60.2 Å². The molecule has 0 spiro atoms. The van der Waals surface area contributed by atoms with Gasteiger partial charge in [0.05, 0.1) is 0 Å². The Labute approximate surface area is 175 Å². The summed E-state index contributed by atoms with van der Waals surface area (Å²) in [7, 11) is 0. The fraction of sp³-hybridized carbons (Fsp3) is 0.250. The van der Waals surface area contributed by atoms with E-state index in [4.69, 9.17) is 4.74 Å². The number of fused-ring (bicyclic) bond motifs is 1. The molecule has 1 amide bonds. The zero-order valence-electron chi connectivity index (χ0n) is 16.7. The smallest absolute Gasteiger partial charge is 0.329 e. The van der Waals surface area contributed by atoms with Crippen molar-refractivity contribution in [2.45, 2.75) is 26.0 Å².